The number of amides is 1. The van der Waals surface area contributed by atoms with Crippen LogP contribution in [0.15, 0.2) is 60.1 Å². The van der Waals surface area contributed by atoms with Gasteiger partial charge < -0.3 is 10.1 Å². The third-order valence-corrected chi connectivity index (χ3v) is 3.78. The zero-order chi connectivity index (χ0) is 15.9. The normalized spacial score (nSPS) is 10.3. The Morgan fingerprint density at radius 1 is 1.09 bits per heavy atom. The Kier molecular flexibility index (Phi) is 4.95. The fourth-order valence-electron chi connectivity index (χ4n) is 1.92. The third-order valence-electron chi connectivity index (χ3n) is 3.02. The van der Waals surface area contributed by atoms with Crippen LogP contribution < -0.4 is 10.1 Å². The molecule has 0 aliphatic heterocycles. The molecule has 1 N–H and O–H groups in total. The molecular weight excluding hydrogens is 310 g/mol. The number of aromatic nitrogens is 2. The van der Waals surface area contributed by atoms with Gasteiger partial charge in [-0.25, -0.2) is 4.98 Å². The van der Waals surface area contributed by atoms with Gasteiger partial charge in [0.1, 0.15) is 11.4 Å². The first-order chi connectivity index (χ1) is 11.3. The van der Waals surface area contributed by atoms with Crippen molar-refractivity contribution in [2.75, 3.05) is 11.9 Å². The molecule has 23 heavy (non-hydrogen) atoms. The van der Waals surface area contributed by atoms with Crippen molar-refractivity contribution in [3.05, 3.63) is 60.1 Å². The lowest BCUT2D eigenvalue weighted by Gasteiger charge is -2.05. The maximum atomic E-state index is 11.9. The van der Waals surface area contributed by atoms with Crippen LogP contribution in [0.1, 0.15) is 6.42 Å². The minimum atomic E-state index is -0.122. The van der Waals surface area contributed by atoms with E-state index in [1.165, 1.54) is 11.3 Å². The Bertz CT molecular complexity index is 760. The molecule has 3 rings (SSSR count). The smallest absolute Gasteiger partial charge is 0.229 e. The fraction of sp³-hybridized carbons (Fsp3) is 0.118. The first kappa shape index (κ1) is 15.2. The average Bonchev–Trinajstić information content (AvgIpc) is 3.05. The number of nitrogens with zero attached hydrogens (tertiary/aromatic N) is 2. The summed E-state index contributed by atoms with van der Waals surface area (Å²) < 4.78 is 5.50. The highest BCUT2D eigenvalue weighted by atomic mass is 32.1. The predicted molar refractivity (Wildman–Crippen MR) is 90.5 cm³/mol. The lowest BCUT2D eigenvalue weighted by atomic mass is 10.3. The van der Waals surface area contributed by atoms with E-state index >= 15 is 0 Å². The highest BCUT2D eigenvalue weighted by Gasteiger charge is 2.08. The molecule has 0 radical (unpaired) electrons. The molecule has 0 saturated carbocycles. The summed E-state index contributed by atoms with van der Waals surface area (Å²) in [4.78, 5) is 20.5. The van der Waals surface area contributed by atoms with Crippen LogP contribution in [0.4, 0.5) is 5.13 Å². The second-order valence-electron chi connectivity index (χ2n) is 4.71. The monoisotopic (exact) mass is 325 g/mol. The van der Waals surface area contributed by atoms with Crippen LogP contribution in [0.2, 0.25) is 0 Å². The summed E-state index contributed by atoms with van der Waals surface area (Å²) >= 11 is 1.38. The van der Waals surface area contributed by atoms with E-state index in [2.05, 4.69) is 15.3 Å². The molecule has 1 amide bonds. The molecule has 0 saturated heterocycles. The van der Waals surface area contributed by atoms with Crippen molar-refractivity contribution in [1.29, 1.82) is 0 Å². The third kappa shape index (κ3) is 4.37. The van der Waals surface area contributed by atoms with Crippen molar-refractivity contribution in [2.24, 2.45) is 0 Å². The lowest BCUT2D eigenvalue weighted by Crippen LogP contribution is -2.15. The zero-order valence-corrected chi connectivity index (χ0v) is 13.1. The molecule has 0 spiro atoms. The zero-order valence-electron chi connectivity index (χ0n) is 12.3. The number of carbonyl (C=O) groups is 1. The maximum absolute atomic E-state index is 11.9. The van der Waals surface area contributed by atoms with Crippen LogP contribution >= 0.6 is 11.3 Å². The number of thiazole rings is 1. The van der Waals surface area contributed by atoms with Crippen molar-refractivity contribution in [3.8, 4) is 17.1 Å². The summed E-state index contributed by atoms with van der Waals surface area (Å²) in [6, 6.07) is 15.1. The number of hydrogen-bond acceptors (Lipinski definition) is 5. The van der Waals surface area contributed by atoms with Crippen LogP contribution in [0.3, 0.4) is 0 Å². The van der Waals surface area contributed by atoms with Gasteiger partial charge in [0.25, 0.3) is 0 Å². The second-order valence-corrected chi connectivity index (χ2v) is 5.57. The van der Waals surface area contributed by atoms with Gasteiger partial charge in [-0.15, -0.1) is 11.3 Å². The fourth-order valence-corrected chi connectivity index (χ4v) is 2.64. The minimum Gasteiger partial charge on any atom is -0.493 e. The van der Waals surface area contributed by atoms with E-state index < -0.39 is 0 Å². The first-order valence-corrected chi connectivity index (χ1v) is 8.04. The van der Waals surface area contributed by atoms with Crippen molar-refractivity contribution >= 4 is 22.4 Å². The van der Waals surface area contributed by atoms with Gasteiger partial charge >= 0.3 is 0 Å². The van der Waals surface area contributed by atoms with Gasteiger partial charge in [0, 0.05) is 11.6 Å². The maximum Gasteiger partial charge on any atom is 0.229 e. The summed E-state index contributed by atoms with van der Waals surface area (Å²) in [5.74, 6) is 0.634. The van der Waals surface area contributed by atoms with Crippen molar-refractivity contribution in [2.45, 2.75) is 6.42 Å². The predicted octanol–water partition coefficient (Wildman–Crippen LogP) is 3.61. The molecule has 0 atom stereocenters. The molecule has 0 aliphatic carbocycles. The molecule has 2 heterocycles. The SMILES string of the molecule is O=C(CCOc1ccccc1)Nc1nc(-c2ccccn2)cs1. The Morgan fingerprint density at radius 2 is 1.91 bits per heavy atom. The van der Waals surface area contributed by atoms with Gasteiger partial charge in [-0.2, -0.15) is 0 Å². The highest BCUT2D eigenvalue weighted by molar-refractivity contribution is 7.14. The lowest BCUT2D eigenvalue weighted by molar-refractivity contribution is -0.116. The largest absolute Gasteiger partial charge is 0.493 e. The number of rotatable bonds is 6. The number of anilines is 1. The van der Waals surface area contributed by atoms with Crippen molar-refractivity contribution < 1.29 is 9.53 Å². The van der Waals surface area contributed by atoms with E-state index in [-0.39, 0.29) is 12.3 Å². The van der Waals surface area contributed by atoms with E-state index in [0.717, 1.165) is 17.1 Å². The number of carbonyl (C=O) groups excluding carboxylic acids is 1. The molecule has 0 unspecified atom stereocenters. The Balaban J connectivity index is 1.49. The summed E-state index contributed by atoms with van der Waals surface area (Å²) in [5, 5.41) is 5.22. The number of benzene rings is 1. The Morgan fingerprint density at radius 3 is 2.70 bits per heavy atom. The van der Waals surface area contributed by atoms with Gasteiger partial charge in [-0.1, -0.05) is 24.3 Å². The van der Waals surface area contributed by atoms with Gasteiger partial charge in [0.05, 0.1) is 18.7 Å². The Labute approximate surface area is 138 Å². The average molecular weight is 325 g/mol. The second kappa shape index (κ2) is 7.51. The van der Waals surface area contributed by atoms with E-state index in [1.54, 1.807) is 6.20 Å². The van der Waals surface area contributed by atoms with Gasteiger partial charge in [-0.3, -0.25) is 9.78 Å². The van der Waals surface area contributed by atoms with E-state index in [0.29, 0.717) is 11.7 Å². The molecule has 3 aromatic rings. The van der Waals surface area contributed by atoms with E-state index in [1.807, 2.05) is 53.9 Å². The molecule has 5 nitrogen and oxygen atoms in total. The van der Waals surface area contributed by atoms with E-state index in [4.69, 9.17) is 4.74 Å². The molecule has 116 valence electrons. The van der Waals surface area contributed by atoms with Crippen LogP contribution in [-0.4, -0.2) is 22.5 Å². The molecule has 0 aliphatic rings. The van der Waals surface area contributed by atoms with Gasteiger partial charge in [0.15, 0.2) is 5.13 Å². The molecule has 0 fully saturated rings. The highest BCUT2D eigenvalue weighted by Crippen LogP contribution is 2.23. The quantitative estimate of drug-likeness (QED) is 0.752. The molecule has 1 aromatic carbocycles. The number of para-hydroxylation sites is 1. The molecule has 6 heteroatoms. The summed E-state index contributed by atoms with van der Waals surface area (Å²) in [5.41, 5.74) is 1.54. The van der Waals surface area contributed by atoms with E-state index in [9.17, 15) is 4.79 Å². The van der Waals surface area contributed by atoms with Gasteiger partial charge in [0.2, 0.25) is 5.91 Å². The Hall–Kier alpha value is -2.73. The van der Waals surface area contributed by atoms with Crippen LogP contribution in [-0.2, 0) is 4.79 Å². The topological polar surface area (TPSA) is 64.1 Å². The molecule has 2 aromatic heterocycles. The minimum absolute atomic E-state index is 0.122. The number of hydrogen-bond donors (Lipinski definition) is 1. The number of ether oxygens (including phenoxy) is 1. The summed E-state index contributed by atoms with van der Waals surface area (Å²) in [6.45, 7) is 0.328. The summed E-state index contributed by atoms with van der Waals surface area (Å²) in [6.07, 6.45) is 1.99. The molecule has 0 bridgehead atoms. The van der Waals surface area contributed by atoms with Crippen LogP contribution in [0, 0.1) is 0 Å². The standard InChI is InChI=1S/C17H15N3O2S/c21-16(9-11-22-13-6-2-1-3-7-13)20-17-19-15(12-23-17)14-8-4-5-10-18-14/h1-8,10,12H,9,11H2,(H,19,20,21). The van der Waals surface area contributed by atoms with Crippen molar-refractivity contribution in [3.63, 3.8) is 0 Å². The summed E-state index contributed by atoms with van der Waals surface area (Å²) in [7, 11) is 0. The van der Waals surface area contributed by atoms with Crippen molar-refractivity contribution in [1.82, 2.24) is 9.97 Å². The molecular formula is C17H15N3O2S. The van der Waals surface area contributed by atoms with Crippen LogP contribution in [0.25, 0.3) is 11.4 Å². The first-order valence-electron chi connectivity index (χ1n) is 7.16. The number of pyridine rings is 1. The number of nitrogens with one attached hydrogen (secondary N) is 1. The van der Waals surface area contributed by atoms with Gasteiger partial charge in [-0.05, 0) is 24.3 Å². The van der Waals surface area contributed by atoms with Crippen LogP contribution in [0.5, 0.6) is 5.75 Å².